The molecule has 5 rings (SSSR count). The van der Waals surface area contributed by atoms with E-state index in [1.165, 1.54) is 13.2 Å². The van der Waals surface area contributed by atoms with Crippen LogP contribution in [0.15, 0.2) is 36.7 Å². The molecule has 4 heterocycles. The number of anilines is 2. The molecule has 190 valence electrons. The Hall–Kier alpha value is -4.52. The second-order valence-corrected chi connectivity index (χ2v) is 8.68. The zero-order valence-electron chi connectivity index (χ0n) is 20.5. The lowest BCUT2D eigenvalue weighted by molar-refractivity contribution is -0.133. The summed E-state index contributed by atoms with van der Waals surface area (Å²) in [5, 5.41) is 6.09. The number of rotatable bonds is 7. The highest BCUT2D eigenvalue weighted by atomic mass is 19.1. The zero-order chi connectivity index (χ0) is 25.9. The van der Waals surface area contributed by atoms with Crippen molar-refractivity contribution < 1.29 is 23.5 Å². The lowest BCUT2D eigenvalue weighted by Gasteiger charge is -2.39. The van der Waals surface area contributed by atoms with Crippen LogP contribution in [0.25, 0.3) is 11.3 Å². The number of carbonyl (C=O) groups excluding carboxylic acids is 2. The number of carbonyl (C=O) groups is 2. The number of likely N-dealkylation sites (tertiary alicyclic amines) is 1. The summed E-state index contributed by atoms with van der Waals surface area (Å²) >= 11 is 0. The normalized spacial score (nSPS) is 16.0. The first kappa shape index (κ1) is 24.2. The average Bonchev–Trinajstić information content (AvgIpc) is 3.23. The number of para-hydroxylation sites is 1. The van der Waals surface area contributed by atoms with Gasteiger partial charge < -0.3 is 30.0 Å². The van der Waals surface area contributed by atoms with Crippen molar-refractivity contribution in [2.75, 3.05) is 32.1 Å². The van der Waals surface area contributed by atoms with E-state index in [1.54, 1.807) is 42.4 Å². The number of hydrogen-bond acceptors (Lipinski definition) is 6. The van der Waals surface area contributed by atoms with E-state index in [1.807, 2.05) is 0 Å². The zero-order valence-corrected chi connectivity index (χ0v) is 20.5. The van der Waals surface area contributed by atoms with Crippen molar-refractivity contribution in [3.63, 3.8) is 0 Å². The molecule has 3 N–H and O–H groups in total. The van der Waals surface area contributed by atoms with Crippen molar-refractivity contribution in [3.05, 3.63) is 53.7 Å². The molecule has 1 fully saturated rings. The van der Waals surface area contributed by atoms with Gasteiger partial charge in [-0.2, -0.15) is 0 Å². The van der Waals surface area contributed by atoms with Gasteiger partial charge in [-0.1, -0.05) is 12.0 Å². The number of amides is 2. The molecule has 2 amide bonds. The topological polar surface area (TPSA) is 109 Å². The predicted molar refractivity (Wildman–Crippen MR) is 135 cm³/mol. The van der Waals surface area contributed by atoms with E-state index in [-0.39, 0.29) is 30.2 Å². The molecule has 0 unspecified atom stereocenters. The molecule has 10 heteroatoms. The van der Waals surface area contributed by atoms with Gasteiger partial charge in [0.25, 0.3) is 11.8 Å². The third kappa shape index (κ3) is 4.56. The molecule has 2 aliphatic rings. The van der Waals surface area contributed by atoms with Gasteiger partial charge in [0.15, 0.2) is 11.6 Å². The molecule has 0 spiro atoms. The first-order valence-electron chi connectivity index (χ1n) is 11.9. The standard InChI is InChI=1S/C27H26FN5O4/c1-3-5-22(34)33-13-10-16(33)15-37-21-14-29-11-8-17(21)24-25(23-19(31-24)9-12-30-27(23)35)32-20-7-4-6-18(28)26(20)36-2/h4,6-8,11,14,16,31-32H,9-10,12-13,15H2,1-2H3,(H,30,35)/t16-/m1/s1. The van der Waals surface area contributed by atoms with Crippen LogP contribution < -0.4 is 20.1 Å². The Balaban J connectivity index is 1.51. The molecule has 9 nitrogen and oxygen atoms in total. The first-order valence-corrected chi connectivity index (χ1v) is 11.9. The molecule has 1 saturated heterocycles. The molecule has 2 aliphatic heterocycles. The number of fused-ring (bicyclic) bond motifs is 1. The van der Waals surface area contributed by atoms with Crippen LogP contribution in [0.1, 0.15) is 29.4 Å². The van der Waals surface area contributed by atoms with Crippen molar-refractivity contribution in [1.29, 1.82) is 0 Å². The van der Waals surface area contributed by atoms with Gasteiger partial charge in [-0.15, -0.1) is 0 Å². The van der Waals surface area contributed by atoms with E-state index in [9.17, 15) is 14.0 Å². The Morgan fingerprint density at radius 3 is 2.97 bits per heavy atom. The van der Waals surface area contributed by atoms with Crippen molar-refractivity contribution in [2.45, 2.75) is 25.8 Å². The summed E-state index contributed by atoms with van der Waals surface area (Å²) in [5.41, 5.74) is 3.33. The summed E-state index contributed by atoms with van der Waals surface area (Å²) in [6.07, 6.45) is 4.65. The van der Waals surface area contributed by atoms with Gasteiger partial charge in [-0.3, -0.25) is 14.6 Å². The number of halogens is 1. The van der Waals surface area contributed by atoms with Crippen LogP contribution in [-0.4, -0.2) is 59.5 Å². The van der Waals surface area contributed by atoms with Crippen LogP contribution >= 0.6 is 0 Å². The fourth-order valence-corrected chi connectivity index (χ4v) is 4.60. The van der Waals surface area contributed by atoms with Crippen LogP contribution in [0.4, 0.5) is 15.8 Å². The largest absolute Gasteiger partial charge is 0.492 e. The quantitative estimate of drug-likeness (QED) is 0.427. The molecule has 37 heavy (non-hydrogen) atoms. The number of aromatic amines is 1. The summed E-state index contributed by atoms with van der Waals surface area (Å²) in [6, 6.07) is 6.24. The molecule has 0 radical (unpaired) electrons. The fraction of sp³-hybridized carbons (Fsp3) is 0.296. The van der Waals surface area contributed by atoms with Crippen molar-refractivity contribution in [2.24, 2.45) is 0 Å². The monoisotopic (exact) mass is 503 g/mol. The molecular formula is C27H26FN5O4. The lowest BCUT2D eigenvalue weighted by atomic mass is 10.0. The van der Waals surface area contributed by atoms with E-state index >= 15 is 0 Å². The van der Waals surface area contributed by atoms with E-state index in [0.717, 1.165) is 12.1 Å². The molecule has 0 saturated carbocycles. The Morgan fingerprint density at radius 1 is 1.35 bits per heavy atom. The van der Waals surface area contributed by atoms with Crippen LogP contribution in [0.3, 0.4) is 0 Å². The number of benzene rings is 1. The number of methoxy groups -OCH3 is 1. The highest BCUT2D eigenvalue weighted by Gasteiger charge is 2.33. The van der Waals surface area contributed by atoms with Gasteiger partial charge in [0.2, 0.25) is 0 Å². The van der Waals surface area contributed by atoms with Crippen LogP contribution in [0, 0.1) is 17.7 Å². The highest BCUT2D eigenvalue weighted by Crippen LogP contribution is 2.42. The second kappa shape index (κ2) is 10.2. The molecule has 1 aromatic carbocycles. The molecule has 2 aromatic heterocycles. The smallest absolute Gasteiger partial charge is 0.298 e. The molecular weight excluding hydrogens is 477 g/mol. The van der Waals surface area contributed by atoms with Gasteiger partial charge in [0, 0.05) is 37.0 Å². The highest BCUT2D eigenvalue weighted by molar-refractivity contribution is 6.06. The molecule has 0 bridgehead atoms. The minimum Gasteiger partial charge on any atom is -0.492 e. The van der Waals surface area contributed by atoms with E-state index in [0.29, 0.717) is 53.5 Å². The minimum atomic E-state index is -0.525. The van der Waals surface area contributed by atoms with Gasteiger partial charge in [-0.05, 0) is 37.5 Å². The maximum Gasteiger partial charge on any atom is 0.298 e. The Morgan fingerprint density at radius 2 is 2.22 bits per heavy atom. The van der Waals surface area contributed by atoms with Crippen LogP contribution in [0.5, 0.6) is 11.5 Å². The first-order chi connectivity index (χ1) is 18.0. The minimum absolute atomic E-state index is 0.0377. The SMILES string of the molecule is CC#CC(=O)N1CC[C@@H]1COc1cnccc1-c1[nH]c2c(c1Nc1cccc(F)c1OC)C(=O)NCC2. The van der Waals surface area contributed by atoms with Gasteiger partial charge in [0.1, 0.15) is 12.4 Å². The summed E-state index contributed by atoms with van der Waals surface area (Å²) in [4.78, 5) is 34.3. The average molecular weight is 504 g/mol. The summed E-state index contributed by atoms with van der Waals surface area (Å²) < 4.78 is 25.8. The third-order valence-electron chi connectivity index (χ3n) is 6.52. The van der Waals surface area contributed by atoms with Crippen molar-refractivity contribution in [1.82, 2.24) is 20.2 Å². The fourth-order valence-electron chi connectivity index (χ4n) is 4.60. The Labute approximate surface area is 213 Å². The van der Waals surface area contributed by atoms with Gasteiger partial charge in [-0.25, -0.2) is 4.39 Å². The van der Waals surface area contributed by atoms with Crippen LogP contribution in [-0.2, 0) is 11.2 Å². The van der Waals surface area contributed by atoms with Crippen LogP contribution in [0.2, 0.25) is 0 Å². The third-order valence-corrected chi connectivity index (χ3v) is 6.52. The second-order valence-electron chi connectivity index (χ2n) is 8.68. The van der Waals surface area contributed by atoms with Gasteiger partial charge >= 0.3 is 0 Å². The van der Waals surface area contributed by atoms with Gasteiger partial charge in [0.05, 0.1) is 42.0 Å². The number of hydrogen-bond donors (Lipinski definition) is 3. The number of aromatic nitrogens is 2. The summed E-state index contributed by atoms with van der Waals surface area (Å²) in [5.74, 6) is 4.75. The van der Waals surface area contributed by atoms with E-state index in [2.05, 4.69) is 32.4 Å². The molecule has 0 aliphatic carbocycles. The number of ether oxygens (including phenoxy) is 2. The Kier molecular flexibility index (Phi) is 6.68. The number of H-pyrrole nitrogens is 1. The number of nitrogens with zero attached hydrogens (tertiary/aromatic N) is 2. The predicted octanol–water partition coefficient (Wildman–Crippen LogP) is 3.26. The number of pyridine rings is 1. The Bertz CT molecular complexity index is 1420. The lowest BCUT2D eigenvalue weighted by Crippen LogP contribution is -2.53. The molecule has 3 aromatic rings. The van der Waals surface area contributed by atoms with Crippen molar-refractivity contribution in [3.8, 4) is 34.6 Å². The molecule has 1 atom stereocenters. The summed E-state index contributed by atoms with van der Waals surface area (Å²) in [7, 11) is 1.39. The number of nitrogens with one attached hydrogen (secondary N) is 3. The van der Waals surface area contributed by atoms with E-state index < -0.39 is 5.82 Å². The van der Waals surface area contributed by atoms with Crippen molar-refractivity contribution >= 4 is 23.2 Å². The maximum absolute atomic E-state index is 14.4. The van der Waals surface area contributed by atoms with E-state index in [4.69, 9.17) is 9.47 Å². The summed E-state index contributed by atoms with van der Waals surface area (Å²) in [6.45, 7) is 3.05. The maximum atomic E-state index is 14.4.